The first-order valence-corrected chi connectivity index (χ1v) is 6.57. The highest BCUT2D eigenvalue weighted by atomic mass is 16.5. The van der Waals surface area contributed by atoms with Gasteiger partial charge in [0.1, 0.15) is 5.75 Å². The summed E-state index contributed by atoms with van der Waals surface area (Å²) in [5, 5.41) is 0. The highest BCUT2D eigenvalue weighted by Gasteiger charge is 2.43. The van der Waals surface area contributed by atoms with Crippen LogP contribution in [0.15, 0.2) is 18.3 Å². The molecule has 0 aliphatic carbocycles. The van der Waals surface area contributed by atoms with Crippen molar-refractivity contribution in [2.75, 3.05) is 26.7 Å². The SMILES string of the molecule is CC.CN1CCC2(CC1)COc1cccnc12. The maximum Gasteiger partial charge on any atom is 0.141 e. The molecular weight excluding hydrogens is 212 g/mol. The second-order valence-corrected chi connectivity index (χ2v) is 4.72. The van der Waals surface area contributed by atoms with Crippen molar-refractivity contribution >= 4 is 0 Å². The fraction of sp³-hybridized carbons (Fsp3) is 0.643. The van der Waals surface area contributed by atoms with Crippen molar-refractivity contribution < 1.29 is 4.74 Å². The van der Waals surface area contributed by atoms with Gasteiger partial charge in [0, 0.05) is 6.20 Å². The molecule has 3 nitrogen and oxygen atoms in total. The summed E-state index contributed by atoms with van der Waals surface area (Å²) in [6, 6.07) is 3.99. The van der Waals surface area contributed by atoms with Crippen LogP contribution in [0.4, 0.5) is 0 Å². The normalized spacial score (nSPS) is 21.4. The van der Waals surface area contributed by atoms with E-state index in [9.17, 15) is 0 Å². The van der Waals surface area contributed by atoms with Gasteiger partial charge in [0.05, 0.1) is 17.7 Å². The van der Waals surface area contributed by atoms with Crippen molar-refractivity contribution in [3.63, 3.8) is 0 Å². The molecule has 1 spiro atoms. The molecule has 94 valence electrons. The van der Waals surface area contributed by atoms with E-state index < -0.39 is 0 Å². The number of hydrogen-bond donors (Lipinski definition) is 0. The van der Waals surface area contributed by atoms with Gasteiger partial charge in [-0.3, -0.25) is 4.98 Å². The standard InChI is InChI=1S/C12H16N2O.C2H6/c1-14-7-4-12(5-8-14)9-15-10-3-2-6-13-11(10)12;1-2/h2-3,6H,4-5,7-9H2,1H3;1-2H3. The van der Waals surface area contributed by atoms with E-state index in [1.165, 1.54) is 18.5 Å². The lowest BCUT2D eigenvalue weighted by molar-refractivity contribution is 0.153. The van der Waals surface area contributed by atoms with Gasteiger partial charge in [0.2, 0.25) is 0 Å². The van der Waals surface area contributed by atoms with Gasteiger partial charge in [-0.25, -0.2) is 0 Å². The Bertz CT molecular complexity index is 370. The zero-order valence-corrected chi connectivity index (χ0v) is 11.1. The number of piperidine rings is 1. The van der Waals surface area contributed by atoms with Crippen molar-refractivity contribution in [1.82, 2.24) is 9.88 Å². The van der Waals surface area contributed by atoms with Crippen LogP contribution in [0.1, 0.15) is 32.4 Å². The number of likely N-dealkylation sites (tertiary alicyclic amines) is 1. The fourth-order valence-electron chi connectivity index (χ4n) is 2.62. The van der Waals surface area contributed by atoms with Gasteiger partial charge < -0.3 is 9.64 Å². The third-order valence-corrected chi connectivity index (χ3v) is 3.72. The van der Waals surface area contributed by atoms with Crippen LogP contribution in [-0.2, 0) is 5.41 Å². The van der Waals surface area contributed by atoms with Crippen LogP contribution >= 0.6 is 0 Å². The fourth-order valence-corrected chi connectivity index (χ4v) is 2.62. The van der Waals surface area contributed by atoms with Gasteiger partial charge in [0.25, 0.3) is 0 Å². The Morgan fingerprint density at radius 2 is 2.00 bits per heavy atom. The minimum Gasteiger partial charge on any atom is -0.491 e. The van der Waals surface area contributed by atoms with E-state index in [1.54, 1.807) is 0 Å². The zero-order chi connectivity index (χ0) is 12.3. The van der Waals surface area contributed by atoms with Crippen molar-refractivity contribution in [1.29, 1.82) is 0 Å². The number of ether oxygens (including phenoxy) is 1. The van der Waals surface area contributed by atoms with Crippen molar-refractivity contribution in [2.24, 2.45) is 0 Å². The van der Waals surface area contributed by atoms with E-state index in [1.807, 2.05) is 32.2 Å². The molecule has 0 bridgehead atoms. The largest absolute Gasteiger partial charge is 0.491 e. The van der Waals surface area contributed by atoms with Crippen LogP contribution in [0.3, 0.4) is 0 Å². The zero-order valence-electron chi connectivity index (χ0n) is 11.1. The molecule has 1 saturated heterocycles. The minimum absolute atomic E-state index is 0.211. The summed E-state index contributed by atoms with van der Waals surface area (Å²) in [6.45, 7) is 7.13. The van der Waals surface area contributed by atoms with Crippen molar-refractivity contribution in [3.8, 4) is 5.75 Å². The minimum atomic E-state index is 0.211. The third-order valence-electron chi connectivity index (χ3n) is 3.72. The molecule has 1 aromatic heterocycles. The smallest absolute Gasteiger partial charge is 0.141 e. The number of fused-ring (bicyclic) bond motifs is 2. The molecule has 1 aromatic rings. The molecule has 17 heavy (non-hydrogen) atoms. The molecule has 3 heteroatoms. The van der Waals surface area contributed by atoms with Gasteiger partial charge in [-0.1, -0.05) is 13.8 Å². The summed E-state index contributed by atoms with van der Waals surface area (Å²) in [7, 11) is 2.18. The number of aromatic nitrogens is 1. The van der Waals surface area contributed by atoms with E-state index in [2.05, 4.69) is 16.9 Å². The van der Waals surface area contributed by atoms with E-state index in [0.29, 0.717) is 0 Å². The lowest BCUT2D eigenvalue weighted by Gasteiger charge is -2.35. The molecule has 3 rings (SSSR count). The average Bonchev–Trinajstić information content (AvgIpc) is 2.76. The molecule has 2 aliphatic heterocycles. The Morgan fingerprint density at radius 1 is 1.29 bits per heavy atom. The maximum absolute atomic E-state index is 5.75. The first kappa shape index (κ1) is 12.4. The number of rotatable bonds is 0. The van der Waals surface area contributed by atoms with Crippen LogP contribution in [0.2, 0.25) is 0 Å². The number of pyridine rings is 1. The van der Waals surface area contributed by atoms with Crippen LogP contribution < -0.4 is 4.74 Å². The first-order valence-electron chi connectivity index (χ1n) is 6.57. The van der Waals surface area contributed by atoms with E-state index in [-0.39, 0.29) is 5.41 Å². The molecule has 3 heterocycles. The molecule has 0 radical (unpaired) electrons. The van der Waals surface area contributed by atoms with Crippen LogP contribution in [-0.4, -0.2) is 36.6 Å². The second kappa shape index (κ2) is 5.05. The summed E-state index contributed by atoms with van der Waals surface area (Å²) in [6.07, 6.45) is 4.23. The van der Waals surface area contributed by atoms with Gasteiger partial charge in [-0.05, 0) is 45.1 Å². The van der Waals surface area contributed by atoms with Crippen LogP contribution in [0.5, 0.6) is 5.75 Å². The summed E-state index contributed by atoms with van der Waals surface area (Å²) in [5.74, 6) is 1.00. The Kier molecular flexibility index (Phi) is 3.67. The Hall–Kier alpha value is -1.09. The predicted octanol–water partition coefficient (Wildman–Crippen LogP) is 2.46. The highest BCUT2D eigenvalue weighted by molar-refractivity contribution is 5.38. The van der Waals surface area contributed by atoms with E-state index in [0.717, 1.165) is 25.4 Å². The lowest BCUT2D eigenvalue weighted by Crippen LogP contribution is -2.42. The molecule has 0 unspecified atom stereocenters. The monoisotopic (exact) mass is 234 g/mol. The average molecular weight is 234 g/mol. The Morgan fingerprint density at radius 3 is 2.71 bits per heavy atom. The van der Waals surface area contributed by atoms with E-state index in [4.69, 9.17) is 4.74 Å². The third kappa shape index (κ3) is 2.16. The van der Waals surface area contributed by atoms with Crippen LogP contribution in [0, 0.1) is 0 Å². The van der Waals surface area contributed by atoms with Gasteiger partial charge in [0.15, 0.2) is 0 Å². The number of hydrogen-bond acceptors (Lipinski definition) is 3. The molecule has 0 amide bonds. The maximum atomic E-state index is 5.75. The van der Waals surface area contributed by atoms with Crippen LogP contribution in [0.25, 0.3) is 0 Å². The lowest BCUT2D eigenvalue weighted by atomic mass is 9.77. The second-order valence-electron chi connectivity index (χ2n) is 4.72. The number of nitrogens with zero attached hydrogens (tertiary/aromatic N) is 2. The quantitative estimate of drug-likeness (QED) is 0.689. The highest BCUT2D eigenvalue weighted by Crippen LogP contribution is 2.43. The summed E-state index contributed by atoms with van der Waals surface area (Å²) in [4.78, 5) is 6.90. The van der Waals surface area contributed by atoms with Gasteiger partial charge in [-0.2, -0.15) is 0 Å². The molecule has 0 aromatic carbocycles. The molecule has 0 N–H and O–H groups in total. The van der Waals surface area contributed by atoms with Gasteiger partial charge in [-0.15, -0.1) is 0 Å². The molecular formula is C14H22N2O. The summed E-state index contributed by atoms with van der Waals surface area (Å²) >= 11 is 0. The topological polar surface area (TPSA) is 25.4 Å². The Balaban J connectivity index is 0.000000514. The molecule has 2 aliphatic rings. The summed E-state index contributed by atoms with van der Waals surface area (Å²) in [5.41, 5.74) is 1.40. The summed E-state index contributed by atoms with van der Waals surface area (Å²) < 4.78 is 5.75. The van der Waals surface area contributed by atoms with Crippen molar-refractivity contribution in [3.05, 3.63) is 24.0 Å². The first-order chi connectivity index (χ1) is 8.30. The molecule has 1 fully saturated rings. The van der Waals surface area contributed by atoms with E-state index >= 15 is 0 Å². The molecule has 0 atom stereocenters. The Labute approximate surface area is 104 Å². The van der Waals surface area contributed by atoms with Crippen molar-refractivity contribution in [2.45, 2.75) is 32.1 Å². The predicted molar refractivity (Wildman–Crippen MR) is 69.5 cm³/mol. The molecule has 0 saturated carbocycles. The van der Waals surface area contributed by atoms with Gasteiger partial charge >= 0.3 is 0 Å².